The van der Waals surface area contributed by atoms with Gasteiger partial charge in [0, 0.05) is 10.0 Å². The Balaban J connectivity index is 2.97. The van der Waals surface area contributed by atoms with E-state index in [1.54, 1.807) is 13.8 Å². The first-order valence-electron chi connectivity index (χ1n) is 7.75. The lowest BCUT2D eigenvalue weighted by Crippen LogP contribution is -2.14. The number of ether oxygens (including phenoxy) is 2. The quantitative estimate of drug-likeness (QED) is 0.658. The number of benzene rings is 1. The van der Waals surface area contributed by atoms with Crippen molar-refractivity contribution in [3.63, 3.8) is 0 Å². The van der Waals surface area contributed by atoms with Crippen LogP contribution in [0.4, 0.5) is 8.78 Å². The summed E-state index contributed by atoms with van der Waals surface area (Å²) in [5, 5.41) is 9.57. The molecule has 5 nitrogen and oxygen atoms in total. The van der Waals surface area contributed by atoms with Crippen LogP contribution in [0.3, 0.4) is 0 Å². The van der Waals surface area contributed by atoms with Gasteiger partial charge in [-0.25, -0.2) is 18.6 Å². The number of aryl methyl sites for hydroxylation is 1. The Kier molecular flexibility index (Phi) is 6.27. The second-order valence-corrected chi connectivity index (χ2v) is 6.05. The minimum atomic E-state index is -0.938. The second kappa shape index (κ2) is 8.23. The number of carbonyl (C=O) groups excluding carboxylic acids is 1. The van der Waals surface area contributed by atoms with Gasteiger partial charge in [0.25, 0.3) is 0 Å². The highest BCUT2D eigenvalue weighted by Crippen LogP contribution is 2.38. The molecule has 0 aliphatic carbocycles. The van der Waals surface area contributed by atoms with Crippen LogP contribution in [0.5, 0.6) is 5.88 Å². The summed E-state index contributed by atoms with van der Waals surface area (Å²) in [7, 11) is 0. The van der Waals surface area contributed by atoms with Gasteiger partial charge in [0.05, 0.1) is 30.0 Å². The highest BCUT2D eigenvalue weighted by atomic mass is 79.9. The van der Waals surface area contributed by atoms with Crippen molar-refractivity contribution < 1.29 is 23.0 Å². The minimum Gasteiger partial charge on any atom is -0.477 e. The number of hydrogen-bond donors (Lipinski definition) is 0. The van der Waals surface area contributed by atoms with Crippen molar-refractivity contribution in [3.8, 4) is 23.1 Å². The standard InChI is InChI=1S/C18H15BrF2N2O3/c1-4-25-17-11(8-22)15(14(9(3)23-17)18(24)26-5-2)16-12(20)6-10(19)7-13(16)21/h6-7H,4-5H2,1-3H3. The highest BCUT2D eigenvalue weighted by Gasteiger charge is 2.29. The molecule has 8 heteroatoms. The summed E-state index contributed by atoms with van der Waals surface area (Å²) in [5.41, 5.74) is -1.01. The molecule has 1 aromatic carbocycles. The lowest BCUT2D eigenvalue weighted by Gasteiger charge is -2.17. The van der Waals surface area contributed by atoms with Crippen molar-refractivity contribution in [3.05, 3.63) is 45.1 Å². The van der Waals surface area contributed by atoms with E-state index in [2.05, 4.69) is 20.9 Å². The van der Waals surface area contributed by atoms with Crippen molar-refractivity contribution in [1.82, 2.24) is 4.98 Å². The average Bonchev–Trinajstić information content (AvgIpc) is 2.54. The van der Waals surface area contributed by atoms with Crippen molar-refractivity contribution in [2.24, 2.45) is 0 Å². The fourth-order valence-electron chi connectivity index (χ4n) is 2.51. The van der Waals surface area contributed by atoms with Gasteiger partial charge < -0.3 is 9.47 Å². The summed E-state index contributed by atoms with van der Waals surface area (Å²) < 4.78 is 39.7. The van der Waals surface area contributed by atoms with E-state index in [9.17, 15) is 18.8 Å². The van der Waals surface area contributed by atoms with Crippen molar-refractivity contribution >= 4 is 21.9 Å². The van der Waals surface area contributed by atoms with E-state index in [1.165, 1.54) is 6.92 Å². The van der Waals surface area contributed by atoms with Gasteiger partial charge in [0.2, 0.25) is 5.88 Å². The van der Waals surface area contributed by atoms with Crippen LogP contribution in [0.15, 0.2) is 16.6 Å². The predicted molar refractivity (Wildman–Crippen MR) is 93.9 cm³/mol. The third kappa shape index (κ3) is 3.68. The van der Waals surface area contributed by atoms with E-state index in [4.69, 9.17) is 9.47 Å². The molecule has 0 spiro atoms. The Hall–Kier alpha value is -2.53. The van der Waals surface area contributed by atoms with Crippen LogP contribution >= 0.6 is 15.9 Å². The van der Waals surface area contributed by atoms with Crippen LogP contribution in [-0.4, -0.2) is 24.2 Å². The number of carbonyl (C=O) groups is 1. The zero-order valence-corrected chi connectivity index (χ0v) is 15.9. The van der Waals surface area contributed by atoms with Gasteiger partial charge in [0.1, 0.15) is 23.3 Å². The normalized spacial score (nSPS) is 10.3. The molecule has 0 N–H and O–H groups in total. The molecule has 0 bridgehead atoms. The third-order valence-corrected chi connectivity index (χ3v) is 3.93. The summed E-state index contributed by atoms with van der Waals surface area (Å²) in [6.07, 6.45) is 0. The largest absolute Gasteiger partial charge is 0.477 e. The van der Waals surface area contributed by atoms with Crippen LogP contribution in [0.2, 0.25) is 0 Å². The van der Waals surface area contributed by atoms with Crippen LogP contribution in [0.25, 0.3) is 11.1 Å². The third-order valence-electron chi connectivity index (χ3n) is 3.47. The fraction of sp³-hybridized carbons (Fsp3) is 0.278. The molecule has 0 radical (unpaired) electrons. The zero-order chi connectivity index (χ0) is 19.4. The Morgan fingerprint density at radius 1 is 1.23 bits per heavy atom. The van der Waals surface area contributed by atoms with Crippen LogP contribution < -0.4 is 4.74 Å². The van der Waals surface area contributed by atoms with E-state index in [0.29, 0.717) is 0 Å². The summed E-state index contributed by atoms with van der Waals surface area (Å²) in [6, 6.07) is 3.93. The molecule has 0 saturated heterocycles. The number of nitriles is 1. The molecule has 1 heterocycles. The Labute approximate surface area is 157 Å². The second-order valence-electron chi connectivity index (χ2n) is 5.14. The van der Waals surface area contributed by atoms with E-state index in [-0.39, 0.29) is 46.0 Å². The summed E-state index contributed by atoms with van der Waals surface area (Å²) in [6.45, 7) is 5.00. The van der Waals surface area contributed by atoms with Crippen molar-refractivity contribution in [2.45, 2.75) is 20.8 Å². The molecule has 0 aliphatic rings. The maximum atomic E-state index is 14.6. The molecule has 26 heavy (non-hydrogen) atoms. The van der Waals surface area contributed by atoms with E-state index in [1.807, 2.05) is 6.07 Å². The fourth-order valence-corrected chi connectivity index (χ4v) is 2.91. The molecule has 0 atom stereocenters. The smallest absolute Gasteiger partial charge is 0.340 e. The van der Waals surface area contributed by atoms with E-state index in [0.717, 1.165) is 12.1 Å². The average molecular weight is 425 g/mol. The lowest BCUT2D eigenvalue weighted by molar-refractivity contribution is 0.0525. The van der Waals surface area contributed by atoms with Crippen LogP contribution in [-0.2, 0) is 4.74 Å². The molecular weight excluding hydrogens is 410 g/mol. The molecule has 0 aliphatic heterocycles. The van der Waals surface area contributed by atoms with Gasteiger partial charge in [-0.3, -0.25) is 0 Å². The first kappa shape index (κ1) is 19.8. The molecule has 0 fully saturated rings. The van der Waals surface area contributed by atoms with E-state index < -0.39 is 23.2 Å². The number of esters is 1. The number of halogens is 3. The molecule has 136 valence electrons. The maximum Gasteiger partial charge on any atom is 0.340 e. The van der Waals surface area contributed by atoms with Crippen molar-refractivity contribution in [1.29, 1.82) is 5.26 Å². The molecule has 2 aromatic rings. The Morgan fingerprint density at radius 2 is 1.85 bits per heavy atom. The van der Waals surface area contributed by atoms with Crippen LogP contribution in [0.1, 0.15) is 35.5 Å². The molecule has 2 rings (SSSR count). The van der Waals surface area contributed by atoms with E-state index >= 15 is 0 Å². The summed E-state index contributed by atoms with van der Waals surface area (Å²) >= 11 is 3.01. The number of pyridine rings is 1. The maximum absolute atomic E-state index is 14.6. The first-order chi connectivity index (χ1) is 12.3. The molecular formula is C18H15BrF2N2O3. The molecule has 0 saturated carbocycles. The number of hydrogen-bond acceptors (Lipinski definition) is 5. The lowest BCUT2D eigenvalue weighted by atomic mass is 9.93. The predicted octanol–water partition coefficient (Wildman–Crippen LogP) is 4.54. The number of aromatic nitrogens is 1. The van der Waals surface area contributed by atoms with Gasteiger partial charge in [-0.1, -0.05) is 15.9 Å². The summed E-state index contributed by atoms with van der Waals surface area (Å²) in [4.78, 5) is 16.5. The van der Waals surface area contributed by atoms with Gasteiger partial charge in [-0.05, 0) is 32.9 Å². The Morgan fingerprint density at radius 3 is 2.35 bits per heavy atom. The topological polar surface area (TPSA) is 72.2 Å². The molecule has 0 amide bonds. The summed E-state index contributed by atoms with van der Waals surface area (Å²) in [5.74, 6) is -2.80. The number of nitrogens with zero attached hydrogens (tertiary/aromatic N) is 2. The van der Waals surface area contributed by atoms with Crippen LogP contribution in [0, 0.1) is 29.9 Å². The SMILES string of the molecule is CCOC(=O)c1c(C)nc(OCC)c(C#N)c1-c1c(F)cc(Br)cc1F. The minimum absolute atomic E-state index is 0.0537. The zero-order valence-electron chi connectivity index (χ0n) is 14.3. The first-order valence-corrected chi connectivity index (χ1v) is 8.54. The Bertz CT molecular complexity index is 887. The highest BCUT2D eigenvalue weighted by molar-refractivity contribution is 9.10. The molecule has 0 unspecified atom stereocenters. The van der Waals surface area contributed by atoms with Gasteiger partial charge in [-0.15, -0.1) is 0 Å². The van der Waals surface area contributed by atoms with Crippen molar-refractivity contribution in [2.75, 3.05) is 13.2 Å². The number of rotatable bonds is 5. The van der Waals surface area contributed by atoms with Gasteiger partial charge >= 0.3 is 5.97 Å². The molecule has 1 aromatic heterocycles. The van der Waals surface area contributed by atoms with Gasteiger partial charge in [-0.2, -0.15) is 5.26 Å². The monoisotopic (exact) mass is 424 g/mol. The van der Waals surface area contributed by atoms with Gasteiger partial charge in [0.15, 0.2) is 0 Å².